The molecule has 1 aromatic carbocycles. The van der Waals surface area contributed by atoms with Gasteiger partial charge < -0.3 is 14.2 Å². The topological polar surface area (TPSA) is 111 Å². The van der Waals surface area contributed by atoms with Gasteiger partial charge in [0.1, 0.15) is 22.9 Å². The number of nitrogens with zero attached hydrogens (tertiary/aromatic N) is 5. The molecule has 0 atom stereocenters. The lowest BCUT2D eigenvalue weighted by molar-refractivity contribution is 0.164. The zero-order chi connectivity index (χ0) is 24.6. The van der Waals surface area contributed by atoms with E-state index in [1.807, 2.05) is 0 Å². The van der Waals surface area contributed by atoms with Gasteiger partial charge in [-0.15, -0.1) is 11.3 Å². The molecule has 12 heteroatoms. The Morgan fingerprint density at radius 1 is 1.23 bits per heavy atom. The average molecular weight is 518 g/mol. The third-order valence-electron chi connectivity index (χ3n) is 5.90. The molecular weight excluding hydrogens is 493 g/mol. The molecule has 9 nitrogen and oxygen atoms in total. The molecule has 184 valence electrons. The quantitative estimate of drug-likeness (QED) is 0.354. The van der Waals surface area contributed by atoms with E-state index in [4.69, 9.17) is 9.26 Å². The van der Waals surface area contributed by atoms with Gasteiger partial charge in [-0.1, -0.05) is 18.1 Å². The van der Waals surface area contributed by atoms with Crippen LogP contribution in [0, 0.1) is 5.82 Å². The van der Waals surface area contributed by atoms with Gasteiger partial charge in [0.25, 0.3) is 0 Å². The molecule has 0 aliphatic carbocycles. The Morgan fingerprint density at radius 3 is 2.74 bits per heavy atom. The molecule has 0 unspecified atom stereocenters. The number of anilines is 1. The minimum absolute atomic E-state index is 0.0429. The van der Waals surface area contributed by atoms with E-state index >= 15 is 0 Å². The number of aromatic nitrogens is 4. The highest BCUT2D eigenvalue weighted by Crippen LogP contribution is 2.38. The average Bonchev–Trinajstić information content (AvgIpc) is 3.47. The number of sulfone groups is 1. The summed E-state index contributed by atoms with van der Waals surface area (Å²) in [6.45, 7) is 3.52. The minimum atomic E-state index is -3.50. The van der Waals surface area contributed by atoms with Gasteiger partial charge in [-0.25, -0.2) is 22.8 Å². The number of hydrogen-bond acceptors (Lipinski definition) is 10. The Morgan fingerprint density at radius 2 is 2.03 bits per heavy atom. The normalized spacial score (nSPS) is 15.1. The van der Waals surface area contributed by atoms with Crippen LogP contribution < -0.4 is 9.64 Å². The predicted octanol–water partition coefficient (Wildman–Crippen LogP) is 4.28. The molecule has 1 saturated heterocycles. The van der Waals surface area contributed by atoms with Crippen molar-refractivity contribution < 1.29 is 22.1 Å². The van der Waals surface area contributed by atoms with Crippen LogP contribution in [0.15, 0.2) is 39.3 Å². The largest absolute Gasteiger partial charge is 0.473 e. The summed E-state index contributed by atoms with van der Waals surface area (Å²) >= 11 is 1.37. The molecule has 4 heterocycles. The summed E-state index contributed by atoms with van der Waals surface area (Å²) in [6, 6.07) is 4.45. The van der Waals surface area contributed by atoms with Crippen LogP contribution in [0.5, 0.6) is 5.88 Å². The summed E-state index contributed by atoms with van der Waals surface area (Å²) in [7, 11) is -3.50. The molecule has 1 aliphatic rings. The monoisotopic (exact) mass is 517 g/mol. The number of aryl methyl sites for hydroxylation is 1. The number of benzene rings is 1. The van der Waals surface area contributed by atoms with E-state index in [2.05, 4.69) is 31.9 Å². The highest BCUT2D eigenvalue weighted by molar-refractivity contribution is 7.90. The van der Waals surface area contributed by atoms with Gasteiger partial charge in [0.05, 0.1) is 10.4 Å². The highest BCUT2D eigenvalue weighted by Gasteiger charge is 2.26. The molecular formula is C23H24FN5O4S2. The fraction of sp³-hybridized carbons (Fsp3) is 0.391. The second-order valence-corrected chi connectivity index (χ2v) is 11.4. The van der Waals surface area contributed by atoms with Crippen LogP contribution in [0.3, 0.4) is 0 Å². The lowest BCUT2D eigenvalue weighted by atomic mass is 10.1. The summed E-state index contributed by atoms with van der Waals surface area (Å²) < 4.78 is 50.6. The molecule has 0 amide bonds. The van der Waals surface area contributed by atoms with Crippen molar-refractivity contribution in [1.82, 2.24) is 20.1 Å². The lowest BCUT2D eigenvalue weighted by Gasteiger charge is -2.30. The molecule has 5 rings (SSSR count). The number of hydrogen-bond donors (Lipinski definition) is 0. The molecule has 0 radical (unpaired) electrons. The first-order valence-electron chi connectivity index (χ1n) is 11.3. The van der Waals surface area contributed by atoms with Crippen molar-refractivity contribution in [3.8, 4) is 17.0 Å². The van der Waals surface area contributed by atoms with Crippen LogP contribution in [-0.2, 0) is 16.3 Å². The number of fused-ring (bicyclic) bond motifs is 1. The maximum atomic E-state index is 14.8. The third kappa shape index (κ3) is 4.85. The van der Waals surface area contributed by atoms with Gasteiger partial charge in [-0.3, -0.25) is 0 Å². The van der Waals surface area contributed by atoms with Crippen molar-refractivity contribution in [3.63, 3.8) is 0 Å². The predicted molar refractivity (Wildman–Crippen MR) is 130 cm³/mol. The molecule has 0 bridgehead atoms. The van der Waals surface area contributed by atoms with Crippen molar-refractivity contribution in [2.24, 2.45) is 0 Å². The summed E-state index contributed by atoms with van der Waals surface area (Å²) in [4.78, 5) is 15.1. The first-order valence-corrected chi connectivity index (χ1v) is 14.1. The number of piperidine rings is 1. The van der Waals surface area contributed by atoms with E-state index in [1.54, 1.807) is 5.38 Å². The van der Waals surface area contributed by atoms with Gasteiger partial charge in [0.15, 0.2) is 15.7 Å². The smallest absolute Gasteiger partial charge is 0.324 e. The summed E-state index contributed by atoms with van der Waals surface area (Å²) in [5, 5.41) is 5.81. The van der Waals surface area contributed by atoms with Gasteiger partial charge in [-0.2, -0.15) is 4.98 Å². The SMILES string of the molecule is CCCc1noc(N2CCC(Oc3ncnc4c(-c5ccc(S(C)(=O)=O)cc5F)csc34)CC2)n1. The molecule has 4 aromatic rings. The number of ether oxygens (including phenoxy) is 1. The van der Waals surface area contributed by atoms with Crippen molar-refractivity contribution >= 4 is 37.4 Å². The molecule has 0 spiro atoms. The molecule has 0 N–H and O–H groups in total. The molecule has 35 heavy (non-hydrogen) atoms. The van der Waals surface area contributed by atoms with Crippen molar-refractivity contribution in [1.29, 1.82) is 0 Å². The summed E-state index contributed by atoms with van der Waals surface area (Å²) in [5.74, 6) is 0.560. The van der Waals surface area contributed by atoms with Gasteiger partial charge in [0, 0.05) is 55.1 Å². The van der Waals surface area contributed by atoms with Crippen LogP contribution in [0.2, 0.25) is 0 Å². The Balaban J connectivity index is 1.32. The van der Waals surface area contributed by atoms with Crippen LogP contribution in [0.1, 0.15) is 32.0 Å². The summed E-state index contributed by atoms with van der Waals surface area (Å²) in [5.41, 5.74) is 1.42. The van der Waals surface area contributed by atoms with Crippen molar-refractivity contribution in [3.05, 3.63) is 41.5 Å². The van der Waals surface area contributed by atoms with E-state index in [-0.39, 0.29) is 16.6 Å². The molecule has 3 aromatic heterocycles. The molecule has 1 fully saturated rings. The van der Waals surface area contributed by atoms with E-state index < -0.39 is 15.7 Å². The first-order chi connectivity index (χ1) is 16.8. The number of halogens is 1. The highest BCUT2D eigenvalue weighted by atomic mass is 32.2. The zero-order valence-electron chi connectivity index (χ0n) is 19.3. The second-order valence-electron chi connectivity index (χ2n) is 8.47. The number of rotatable bonds is 7. The van der Waals surface area contributed by atoms with Crippen LogP contribution in [-0.4, -0.2) is 54.0 Å². The zero-order valence-corrected chi connectivity index (χ0v) is 20.9. The number of thiophene rings is 1. The van der Waals surface area contributed by atoms with Crippen molar-refractivity contribution in [2.45, 2.75) is 43.6 Å². The summed E-state index contributed by atoms with van der Waals surface area (Å²) in [6.07, 6.45) is 5.69. The maximum absolute atomic E-state index is 14.8. The van der Waals surface area contributed by atoms with Crippen LogP contribution in [0.25, 0.3) is 21.3 Å². The van der Waals surface area contributed by atoms with E-state index in [9.17, 15) is 12.8 Å². The molecule has 1 aliphatic heterocycles. The van der Waals surface area contributed by atoms with Gasteiger partial charge in [0.2, 0.25) is 5.88 Å². The Hall–Kier alpha value is -3.12. The Labute approximate surface area is 205 Å². The first kappa shape index (κ1) is 23.6. The minimum Gasteiger partial charge on any atom is -0.473 e. The Kier molecular flexibility index (Phi) is 6.41. The Bertz CT molecular complexity index is 1460. The van der Waals surface area contributed by atoms with Crippen molar-refractivity contribution in [2.75, 3.05) is 24.2 Å². The van der Waals surface area contributed by atoms with E-state index in [0.29, 0.717) is 23.0 Å². The lowest BCUT2D eigenvalue weighted by Crippen LogP contribution is -2.38. The standard InChI is InChI=1S/C23H24FN5O4S2/c1-3-4-19-27-23(33-28-19)29-9-7-14(8-10-29)32-22-21-20(25-13-26-22)17(12-34-21)16-6-5-15(11-18(16)24)35(2,30)31/h5-6,11-14H,3-4,7-10H2,1-2H3. The van der Waals surface area contributed by atoms with Crippen LogP contribution >= 0.6 is 11.3 Å². The fourth-order valence-corrected chi connectivity index (χ4v) is 5.65. The third-order valence-corrected chi connectivity index (χ3v) is 7.97. The van der Waals surface area contributed by atoms with E-state index in [0.717, 1.165) is 61.6 Å². The molecule has 0 saturated carbocycles. The van der Waals surface area contributed by atoms with E-state index in [1.165, 1.54) is 29.8 Å². The van der Waals surface area contributed by atoms with Crippen LogP contribution in [0.4, 0.5) is 10.4 Å². The van der Waals surface area contributed by atoms with Gasteiger partial charge >= 0.3 is 6.01 Å². The fourth-order valence-electron chi connectivity index (χ4n) is 4.07. The second kappa shape index (κ2) is 9.50. The van der Waals surface area contributed by atoms with Gasteiger partial charge in [-0.05, 0) is 18.6 Å². The maximum Gasteiger partial charge on any atom is 0.324 e.